The zero-order valence-electron chi connectivity index (χ0n) is 10.1. The first-order valence-electron chi connectivity index (χ1n) is 5.69. The number of nitrogens with two attached hydrogens (primary N) is 1. The zero-order valence-corrected chi connectivity index (χ0v) is 11.7. The highest BCUT2D eigenvalue weighted by Gasteiger charge is 1.99. The first kappa shape index (κ1) is 13.9. The molecule has 0 heterocycles. The van der Waals surface area contributed by atoms with Gasteiger partial charge in [-0.15, -0.1) is 11.8 Å². The van der Waals surface area contributed by atoms with Gasteiger partial charge in [0.05, 0.1) is 0 Å². The van der Waals surface area contributed by atoms with E-state index >= 15 is 0 Å². The number of thioether (sulfide) groups is 2. The molecular weight excluding hydrogens is 234 g/mol. The monoisotopic (exact) mass is 255 g/mol. The number of aryl methyl sites for hydroxylation is 1. The van der Waals surface area contributed by atoms with E-state index in [0.29, 0.717) is 5.92 Å². The topological polar surface area (TPSA) is 26.0 Å². The fourth-order valence-corrected chi connectivity index (χ4v) is 3.28. The van der Waals surface area contributed by atoms with Crippen molar-refractivity contribution >= 4 is 23.5 Å². The van der Waals surface area contributed by atoms with Gasteiger partial charge in [-0.25, -0.2) is 0 Å². The minimum Gasteiger partial charge on any atom is -0.330 e. The van der Waals surface area contributed by atoms with Crippen LogP contribution in [0.1, 0.15) is 12.5 Å². The molecule has 3 heteroatoms. The first-order chi connectivity index (χ1) is 7.72. The molecule has 1 rings (SSSR count). The van der Waals surface area contributed by atoms with Gasteiger partial charge in [-0.1, -0.05) is 24.6 Å². The third kappa shape index (κ3) is 5.83. The zero-order chi connectivity index (χ0) is 11.8. The quantitative estimate of drug-likeness (QED) is 0.597. The smallest absolute Gasteiger partial charge is 0.00724 e. The minimum atomic E-state index is 0.648. The molecule has 0 radical (unpaired) electrons. The van der Waals surface area contributed by atoms with Crippen LogP contribution in [0.4, 0.5) is 0 Å². The van der Waals surface area contributed by atoms with E-state index in [-0.39, 0.29) is 0 Å². The maximum Gasteiger partial charge on any atom is 0.00724 e. The van der Waals surface area contributed by atoms with Gasteiger partial charge in [-0.05, 0) is 37.3 Å². The normalized spacial score (nSPS) is 12.7. The summed E-state index contributed by atoms with van der Waals surface area (Å²) in [6.07, 6.45) is 0. The van der Waals surface area contributed by atoms with Gasteiger partial charge >= 0.3 is 0 Å². The van der Waals surface area contributed by atoms with Gasteiger partial charge in [0.25, 0.3) is 0 Å². The molecule has 0 amide bonds. The highest BCUT2D eigenvalue weighted by atomic mass is 32.2. The predicted molar refractivity (Wildman–Crippen MR) is 77.4 cm³/mol. The van der Waals surface area contributed by atoms with Crippen LogP contribution in [0.2, 0.25) is 0 Å². The van der Waals surface area contributed by atoms with Crippen LogP contribution in [-0.2, 0) is 0 Å². The average Bonchev–Trinajstić information content (AvgIpc) is 2.31. The molecule has 1 unspecified atom stereocenters. The van der Waals surface area contributed by atoms with Crippen molar-refractivity contribution in [1.29, 1.82) is 0 Å². The summed E-state index contributed by atoms with van der Waals surface area (Å²) >= 11 is 3.94. The second-order valence-electron chi connectivity index (χ2n) is 4.08. The Morgan fingerprint density at radius 1 is 1.19 bits per heavy atom. The third-order valence-electron chi connectivity index (χ3n) is 2.32. The maximum atomic E-state index is 5.57. The highest BCUT2D eigenvalue weighted by molar-refractivity contribution is 8.02. The average molecular weight is 255 g/mol. The molecule has 1 nitrogen and oxygen atoms in total. The highest BCUT2D eigenvalue weighted by Crippen LogP contribution is 2.20. The molecule has 0 aliphatic carbocycles. The van der Waals surface area contributed by atoms with Gasteiger partial charge < -0.3 is 5.73 Å². The molecule has 0 saturated carbocycles. The summed E-state index contributed by atoms with van der Waals surface area (Å²) < 4.78 is 0. The Balaban J connectivity index is 2.09. The fraction of sp³-hybridized carbons (Fsp3) is 0.538. The van der Waals surface area contributed by atoms with Crippen LogP contribution in [-0.4, -0.2) is 23.8 Å². The Kier molecular flexibility index (Phi) is 7.01. The van der Waals surface area contributed by atoms with E-state index in [9.17, 15) is 0 Å². The summed E-state index contributed by atoms with van der Waals surface area (Å²) in [7, 11) is 0. The van der Waals surface area contributed by atoms with Crippen LogP contribution in [0.15, 0.2) is 29.2 Å². The molecule has 0 saturated heterocycles. The molecule has 0 fully saturated rings. The van der Waals surface area contributed by atoms with E-state index < -0.39 is 0 Å². The molecule has 0 bridgehead atoms. The molecule has 0 aliphatic heterocycles. The molecule has 1 aromatic rings. The van der Waals surface area contributed by atoms with Crippen LogP contribution in [0.25, 0.3) is 0 Å². The lowest BCUT2D eigenvalue weighted by molar-refractivity contribution is 0.675. The third-order valence-corrected chi connectivity index (χ3v) is 4.89. The van der Waals surface area contributed by atoms with Crippen LogP contribution in [0.3, 0.4) is 0 Å². The van der Waals surface area contributed by atoms with Gasteiger partial charge in [-0.2, -0.15) is 11.8 Å². The summed E-state index contributed by atoms with van der Waals surface area (Å²) in [4.78, 5) is 1.37. The van der Waals surface area contributed by atoms with E-state index in [4.69, 9.17) is 5.73 Å². The Morgan fingerprint density at radius 2 is 1.88 bits per heavy atom. The molecule has 90 valence electrons. The van der Waals surface area contributed by atoms with E-state index in [0.717, 1.165) is 6.54 Å². The van der Waals surface area contributed by atoms with Gasteiger partial charge in [0.15, 0.2) is 0 Å². The second kappa shape index (κ2) is 8.04. The van der Waals surface area contributed by atoms with Crippen molar-refractivity contribution in [2.75, 3.05) is 23.8 Å². The summed E-state index contributed by atoms with van der Waals surface area (Å²) in [6.45, 7) is 5.14. The second-order valence-corrected chi connectivity index (χ2v) is 6.40. The Labute approximate surface area is 108 Å². The van der Waals surface area contributed by atoms with Gasteiger partial charge in [0.1, 0.15) is 0 Å². The lowest BCUT2D eigenvalue weighted by Gasteiger charge is -2.07. The van der Waals surface area contributed by atoms with Crippen molar-refractivity contribution in [2.24, 2.45) is 11.7 Å². The van der Waals surface area contributed by atoms with E-state index in [2.05, 4.69) is 38.1 Å². The maximum absolute atomic E-state index is 5.57. The van der Waals surface area contributed by atoms with Crippen LogP contribution in [0.5, 0.6) is 0 Å². The summed E-state index contributed by atoms with van der Waals surface area (Å²) in [5.74, 6) is 4.23. The van der Waals surface area contributed by atoms with E-state index in [1.807, 2.05) is 23.5 Å². The number of hydrogen-bond acceptors (Lipinski definition) is 3. The standard InChI is InChI=1S/C13H21NS2/c1-11-3-5-13(6-4-11)16-8-7-15-10-12(2)9-14/h3-6,12H,7-10,14H2,1-2H3. The van der Waals surface area contributed by atoms with Crippen molar-refractivity contribution in [3.63, 3.8) is 0 Å². The Morgan fingerprint density at radius 3 is 2.50 bits per heavy atom. The molecule has 16 heavy (non-hydrogen) atoms. The number of benzene rings is 1. The summed E-state index contributed by atoms with van der Waals surface area (Å²) in [5, 5.41) is 0. The van der Waals surface area contributed by atoms with Crippen LogP contribution in [0, 0.1) is 12.8 Å². The van der Waals surface area contributed by atoms with Crippen molar-refractivity contribution in [2.45, 2.75) is 18.7 Å². The van der Waals surface area contributed by atoms with E-state index in [1.54, 1.807) is 0 Å². The summed E-state index contributed by atoms with van der Waals surface area (Å²) in [6, 6.07) is 8.75. The molecule has 0 spiro atoms. The van der Waals surface area contributed by atoms with Gasteiger partial charge in [-0.3, -0.25) is 0 Å². The van der Waals surface area contributed by atoms with Crippen LogP contribution >= 0.6 is 23.5 Å². The first-order valence-corrected chi connectivity index (χ1v) is 7.83. The molecule has 1 atom stereocenters. The fourth-order valence-electron chi connectivity index (χ4n) is 1.21. The Bertz CT molecular complexity index is 284. The molecule has 2 N–H and O–H groups in total. The molecule has 0 aromatic heterocycles. The van der Waals surface area contributed by atoms with E-state index in [1.165, 1.54) is 27.7 Å². The van der Waals surface area contributed by atoms with Gasteiger partial charge in [0.2, 0.25) is 0 Å². The number of hydrogen-bond donors (Lipinski definition) is 1. The Hall–Kier alpha value is -0.120. The minimum absolute atomic E-state index is 0.648. The predicted octanol–water partition coefficient (Wildman–Crippen LogP) is 3.42. The largest absolute Gasteiger partial charge is 0.330 e. The molecular formula is C13H21NS2. The SMILES string of the molecule is Cc1ccc(SCCSCC(C)CN)cc1. The van der Waals surface area contributed by atoms with Crippen molar-refractivity contribution in [3.05, 3.63) is 29.8 Å². The lowest BCUT2D eigenvalue weighted by Crippen LogP contribution is -2.13. The van der Waals surface area contributed by atoms with Crippen molar-refractivity contribution in [1.82, 2.24) is 0 Å². The summed E-state index contributed by atoms with van der Waals surface area (Å²) in [5.41, 5.74) is 6.90. The lowest BCUT2D eigenvalue weighted by atomic mass is 10.2. The van der Waals surface area contributed by atoms with Crippen molar-refractivity contribution in [3.8, 4) is 0 Å². The van der Waals surface area contributed by atoms with Crippen molar-refractivity contribution < 1.29 is 0 Å². The number of rotatable bonds is 7. The van der Waals surface area contributed by atoms with Crippen LogP contribution < -0.4 is 5.73 Å². The molecule has 1 aromatic carbocycles. The molecule has 0 aliphatic rings. The van der Waals surface area contributed by atoms with Gasteiger partial charge in [0, 0.05) is 16.4 Å².